The summed E-state index contributed by atoms with van der Waals surface area (Å²) < 4.78 is 0. The minimum atomic E-state index is -0.679. The molecule has 1 atom stereocenters. The summed E-state index contributed by atoms with van der Waals surface area (Å²) in [4.78, 5) is 12.3. The van der Waals surface area contributed by atoms with Gasteiger partial charge in [-0.3, -0.25) is 4.79 Å². The summed E-state index contributed by atoms with van der Waals surface area (Å²) in [5.41, 5.74) is 2.90. The van der Waals surface area contributed by atoms with Gasteiger partial charge in [0.15, 0.2) is 5.78 Å². The molecule has 0 amide bonds. The minimum absolute atomic E-state index is 0.0126. The van der Waals surface area contributed by atoms with E-state index >= 15 is 0 Å². The number of carbonyl (C=O) groups excluding carboxylic acids is 1. The fraction of sp³-hybridized carbons (Fsp3) is 0.0500. The third kappa shape index (κ3) is 2.97. The third-order valence-electron chi connectivity index (χ3n) is 3.64. The van der Waals surface area contributed by atoms with E-state index in [1.807, 2.05) is 48.5 Å². The summed E-state index contributed by atoms with van der Waals surface area (Å²) >= 11 is 0. The molecular formula is C20H16O2. The van der Waals surface area contributed by atoms with Gasteiger partial charge in [0.25, 0.3) is 0 Å². The molecule has 0 heterocycles. The largest absolute Gasteiger partial charge is 0.384 e. The Balaban J connectivity index is 1.83. The first-order valence-corrected chi connectivity index (χ1v) is 7.18. The molecule has 0 aliphatic carbocycles. The maximum absolute atomic E-state index is 12.3. The Labute approximate surface area is 129 Å². The number of aliphatic hydroxyl groups is 1. The summed E-state index contributed by atoms with van der Waals surface area (Å²) in [6, 6.07) is 25.8. The molecule has 3 aromatic carbocycles. The van der Waals surface area contributed by atoms with E-state index in [0.717, 1.165) is 11.1 Å². The summed E-state index contributed by atoms with van der Waals surface area (Å²) in [6.07, 6.45) is -0.679. The van der Waals surface area contributed by atoms with Crippen LogP contribution in [0.5, 0.6) is 0 Å². The fourth-order valence-electron chi connectivity index (χ4n) is 2.40. The molecule has 3 aromatic rings. The van der Waals surface area contributed by atoms with E-state index in [1.165, 1.54) is 0 Å². The highest BCUT2D eigenvalue weighted by Crippen LogP contribution is 2.22. The molecule has 0 aliphatic rings. The van der Waals surface area contributed by atoms with Crippen LogP contribution in [0.2, 0.25) is 0 Å². The number of carbonyl (C=O) groups is 1. The molecule has 22 heavy (non-hydrogen) atoms. The van der Waals surface area contributed by atoms with Crippen LogP contribution in [0.3, 0.4) is 0 Å². The Hall–Kier alpha value is -2.71. The topological polar surface area (TPSA) is 37.3 Å². The molecule has 0 saturated carbocycles. The van der Waals surface area contributed by atoms with Crippen molar-refractivity contribution in [1.82, 2.24) is 0 Å². The van der Waals surface area contributed by atoms with E-state index in [9.17, 15) is 9.90 Å². The van der Waals surface area contributed by atoms with Gasteiger partial charge >= 0.3 is 0 Å². The molecule has 1 N–H and O–H groups in total. The minimum Gasteiger partial charge on any atom is -0.384 e. The van der Waals surface area contributed by atoms with Gasteiger partial charge in [-0.2, -0.15) is 0 Å². The van der Waals surface area contributed by atoms with Crippen molar-refractivity contribution in [3.63, 3.8) is 0 Å². The zero-order chi connectivity index (χ0) is 15.4. The SMILES string of the molecule is O=C(c1ccccc1)c1ccc(C(O)c2ccccc2)cc1. The van der Waals surface area contributed by atoms with Gasteiger partial charge in [-0.15, -0.1) is 0 Å². The van der Waals surface area contributed by atoms with Crippen molar-refractivity contribution in [3.05, 3.63) is 107 Å². The molecular weight excluding hydrogens is 272 g/mol. The highest BCUT2D eigenvalue weighted by molar-refractivity contribution is 6.08. The van der Waals surface area contributed by atoms with Crippen LogP contribution in [0.1, 0.15) is 33.2 Å². The van der Waals surface area contributed by atoms with Gasteiger partial charge in [0.2, 0.25) is 0 Å². The Kier molecular flexibility index (Phi) is 4.12. The zero-order valence-corrected chi connectivity index (χ0v) is 12.0. The van der Waals surface area contributed by atoms with Crippen LogP contribution in [-0.4, -0.2) is 10.9 Å². The van der Waals surface area contributed by atoms with Crippen LogP contribution in [0.25, 0.3) is 0 Å². The standard InChI is InChI=1S/C20H16O2/c21-19(15-7-3-1-4-8-15)17-11-13-18(14-12-17)20(22)16-9-5-2-6-10-16/h1-14,19,21H. The number of benzene rings is 3. The lowest BCUT2D eigenvalue weighted by atomic mass is 9.98. The molecule has 2 heteroatoms. The molecule has 0 aliphatic heterocycles. The lowest BCUT2D eigenvalue weighted by Gasteiger charge is -2.11. The Morgan fingerprint density at radius 2 is 1.09 bits per heavy atom. The van der Waals surface area contributed by atoms with Gasteiger partial charge in [0.1, 0.15) is 6.10 Å². The third-order valence-corrected chi connectivity index (χ3v) is 3.64. The van der Waals surface area contributed by atoms with Crippen molar-refractivity contribution in [2.45, 2.75) is 6.10 Å². The first kappa shape index (κ1) is 14.2. The van der Waals surface area contributed by atoms with Crippen molar-refractivity contribution in [3.8, 4) is 0 Å². The fourth-order valence-corrected chi connectivity index (χ4v) is 2.40. The second-order valence-electron chi connectivity index (χ2n) is 5.13. The smallest absolute Gasteiger partial charge is 0.193 e. The Bertz CT molecular complexity index is 747. The van der Waals surface area contributed by atoms with Crippen molar-refractivity contribution in [2.24, 2.45) is 0 Å². The lowest BCUT2D eigenvalue weighted by Crippen LogP contribution is -2.03. The predicted molar refractivity (Wildman–Crippen MR) is 86.8 cm³/mol. The van der Waals surface area contributed by atoms with Crippen LogP contribution in [0.15, 0.2) is 84.9 Å². The maximum Gasteiger partial charge on any atom is 0.193 e. The average molecular weight is 288 g/mol. The van der Waals surface area contributed by atoms with Crippen LogP contribution in [0, 0.1) is 0 Å². The molecule has 0 bridgehead atoms. The second-order valence-corrected chi connectivity index (χ2v) is 5.13. The van der Waals surface area contributed by atoms with Crippen LogP contribution in [0.4, 0.5) is 0 Å². The zero-order valence-electron chi connectivity index (χ0n) is 12.0. The van der Waals surface area contributed by atoms with Crippen LogP contribution < -0.4 is 0 Å². The Morgan fingerprint density at radius 3 is 1.68 bits per heavy atom. The van der Waals surface area contributed by atoms with Gasteiger partial charge < -0.3 is 5.11 Å². The van der Waals surface area contributed by atoms with Crippen molar-refractivity contribution >= 4 is 5.78 Å². The molecule has 1 unspecified atom stereocenters. The highest BCUT2D eigenvalue weighted by Gasteiger charge is 2.12. The van der Waals surface area contributed by atoms with Crippen molar-refractivity contribution < 1.29 is 9.90 Å². The monoisotopic (exact) mass is 288 g/mol. The molecule has 0 spiro atoms. The number of ketones is 1. The van der Waals surface area contributed by atoms with E-state index in [2.05, 4.69) is 0 Å². The van der Waals surface area contributed by atoms with E-state index in [4.69, 9.17) is 0 Å². The Morgan fingerprint density at radius 1 is 0.636 bits per heavy atom. The van der Waals surface area contributed by atoms with Gasteiger partial charge in [0.05, 0.1) is 0 Å². The second kappa shape index (κ2) is 6.37. The highest BCUT2D eigenvalue weighted by atomic mass is 16.3. The molecule has 0 aromatic heterocycles. The number of hydrogen-bond acceptors (Lipinski definition) is 2. The van der Waals surface area contributed by atoms with Crippen molar-refractivity contribution in [2.75, 3.05) is 0 Å². The van der Waals surface area contributed by atoms with E-state index in [-0.39, 0.29) is 5.78 Å². The van der Waals surface area contributed by atoms with E-state index in [0.29, 0.717) is 11.1 Å². The van der Waals surface area contributed by atoms with Crippen molar-refractivity contribution in [1.29, 1.82) is 0 Å². The summed E-state index contributed by atoms with van der Waals surface area (Å²) in [5, 5.41) is 10.4. The first-order valence-electron chi connectivity index (χ1n) is 7.18. The molecule has 0 fully saturated rings. The molecule has 0 saturated heterocycles. The predicted octanol–water partition coefficient (Wildman–Crippen LogP) is 4.00. The van der Waals surface area contributed by atoms with E-state index < -0.39 is 6.10 Å². The molecule has 2 nitrogen and oxygen atoms in total. The average Bonchev–Trinajstić information content (AvgIpc) is 2.62. The summed E-state index contributed by atoms with van der Waals surface area (Å²) in [7, 11) is 0. The van der Waals surface area contributed by atoms with Gasteiger partial charge in [-0.05, 0) is 11.1 Å². The lowest BCUT2D eigenvalue weighted by molar-refractivity contribution is 0.103. The molecule has 108 valence electrons. The van der Waals surface area contributed by atoms with Gasteiger partial charge in [-0.1, -0.05) is 84.9 Å². The molecule has 0 radical (unpaired) electrons. The first-order chi connectivity index (χ1) is 10.8. The number of rotatable bonds is 4. The van der Waals surface area contributed by atoms with E-state index in [1.54, 1.807) is 36.4 Å². The number of hydrogen-bond donors (Lipinski definition) is 1. The van der Waals surface area contributed by atoms with Gasteiger partial charge in [0, 0.05) is 11.1 Å². The summed E-state index contributed by atoms with van der Waals surface area (Å²) in [5.74, 6) is -0.0126. The maximum atomic E-state index is 12.3. The quantitative estimate of drug-likeness (QED) is 0.737. The van der Waals surface area contributed by atoms with Crippen LogP contribution >= 0.6 is 0 Å². The van der Waals surface area contributed by atoms with Crippen LogP contribution in [-0.2, 0) is 0 Å². The van der Waals surface area contributed by atoms with Gasteiger partial charge in [-0.25, -0.2) is 0 Å². The molecule has 3 rings (SSSR count). The summed E-state index contributed by atoms with van der Waals surface area (Å²) in [6.45, 7) is 0. The number of aliphatic hydroxyl groups excluding tert-OH is 1. The normalized spacial score (nSPS) is 11.9.